The van der Waals surface area contributed by atoms with Gasteiger partial charge in [-0.25, -0.2) is 4.79 Å². The van der Waals surface area contributed by atoms with Crippen molar-refractivity contribution in [3.63, 3.8) is 0 Å². The Labute approximate surface area is 191 Å². The summed E-state index contributed by atoms with van der Waals surface area (Å²) in [4.78, 5) is 11.8. The number of carbonyl (C=O) groups excluding carboxylic acids is 1. The lowest BCUT2D eigenvalue weighted by Crippen LogP contribution is -2.47. The topological polar surface area (TPSA) is 96.2 Å². The van der Waals surface area contributed by atoms with Gasteiger partial charge in [-0.2, -0.15) is 0 Å². The van der Waals surface area contributed by atoms with Gasteiger partial charge in [-0.05, 0) is 45.4 Å². The Morgan fingerprint density at radius 1 is 0.906 bits per heavy atom. The average molecular weight is 447 g/mol. The van der Waals surface area contributed by atoms with Gasteiger partial charge in [0.25, 0.3) is 0 Å². The van der Waals surface area contributed by atoms with E-state index < -0.39 is 24.4 Å². The molecular weight excluding hydrogens is 408 g/mol. The molecule has 32 heavy (non-hydrogen) atoms. The third kappa shape index (κ3) is 10.6. The molecule has 0 aromatic heterocycles. The van der Waals surface area contributed by atoms with Gasteiger partial charge in [0, 0.05) is 12.5 Å². The minimum absolute atomic E-state index is 0.138. The van der Waals surface area contributed by atoms with Crippen LogP contribution in [-0.2, 0) is 14.3 Å². The molecule has 0 unspecified atom stereocenters. The summed E-state index contributed by atoms with van der Waals surface area (Å²) in [6, 6.07) is 0. The van der Waals surface area contributed by atoms with Crippen molar-refractivity contribution in [2.75, 3.05) is 0 Å². The molecule has 1 saturated heterocycles. The summed E-state index contributed by atoms with van der Waals surface area (Å²) in [6.07, 6.45) is 20.6. The highest BCUT2D eigenvalue weighted by Gasteiger charge is 2.34. The first-order valence-corrected chi connectivity index (χ1v) is 11.7. The maximum atomic E-state index is 11.8. The summed E-state index contributed by atoms with van der Waals surface area (Å²) in [6.45, 7) is 1.90. The summed E-state index contributed by atoms with van der Waals surface area (Å²) in [5.41, 5.74) is 0. The molecule has 1 fully saturated rings. The predicted octanol–water partition coefficient (Wildman–Crippen LogP) is 3.68. The highest BCUT2D eigenvalue weighted by atomic mass is 16.5. The molecule has 2 heterocycles. The van der Waals surface area contributed by atoms with Crippen molar-refractivity contribution < 1.29 is 29.6 Å². The molecule has 0 radical (unpaired) electrons. The number of allylic oxidation sites excluding steroid dienone is 5. The first-order chi connectivity index (χ1) is 15.5. The van der Waals surface area contributed by atoms with Crippen LogP contribution in [0.15, 0.2) is 60.8 Å². The lowest BCUT2D eigenvalue weighted by molar-refractivity contribution is -0.149. The van der Waals surface area contributed by atoms with Crippen molar-refractivity contribution in [3.05, 3.63) is 60.8 Å². The van der Waals surface area contributed by atoms with Crippen molar-refractivity contribution >= 4 is 5.97 Å². The Bertz CT molecular complexity index is 692. The fourth-order valence-corrected chi connectivity index (χ4v) is 3.71. The second kappa shape index (κ2) is 15.0. The predicted molar refractivity (Wildman–Crippen MR) is 125 cm³/mol. The number of ether oxygens (including phenoxy) is 2. The van der Waals surface area contributed by atoms with Crippen LogP contribution in [0.5, 0.6) is 0 Å². The second-order valence-corrected chi connectivity index (χ2v) is 8.47. The smallest absolute Gasteiger partial charge is 0.331 e. The third-order valence-electron chi connectivity index (χ3n) is 5.55. The van der Waals surface area contributed by atoms with E-state index in [-0.39, 0.29) is 18.2 Å². The Morgan fingerprint density at radius 3 is 2.53 bits per heavy atom. The number of cyclic esters (lactones) is 1. The lowest BCUT2D eigenvalue weighted by Gasteiger charge is -2.35. The van der Waals surface area contributed by atoms with Gasteiger partial charge in [0.05, 0.1) is 24.4 Å². The van der Waals surface area contributed by atoms with E-state index in [4.69, 9.17) is 9.47 Å². The van der Waals surface area contributed by atoms with E-state index >= 15 is 0 Å². The molecule has 0 amide bonds. The number of hydrogen-bond donors (Lipinski definition) is 3. The zero-order valence-electron chi connectivity index (χ0n) is 19.0. The van der Waals surface area contributed by atoms with E-state index in [9.17, 15) is 20.1 Å². The Balaban J connectivity index is 1.97. The Hall–Kier alpha value is -1.99. The van der Waals surface area contributed by atoms with Crippen molar-refractivity contribution in [2.24, 2.45) is 0 Å². The summed E-state index contributed by atoms with van der Waals surface area (Å²) in [7, 11) is 0. The quantitative estimate of drug-likeness (QED) is 0.388. The number of aliphatic hydroxyl groups excluding tert-OH is 3. The van der Waals surface area contributed by atoms with Crippen molar-refractivity contribution in [2.45, 2.75) is 94.9 Å². The van der Waals surface area contributed by atoms with E-state index in [1.54, 1.807) is 30.4 Å². The number of carbonyl (C=O) groups is 1. The molecule has 2 bridgehead atoms. The van der Waals surface area contributed by atoms with Crippen LogP contribution in [0.1, 0.15) is 58.3 Å². The van der Waals surface area contributed by atoms with Crippen LogP contribution in [0, 0.1) is 0 Å². The van der Waals surface area contributed by atoms with Crippen LogP contribution >= 0.6 is 0 Å². The number of fused-ring (bicyclic) bond motifs is 2. The molecule has 3 N–H and O–H groups in total. The number of aliphatic hydroxyl groups is 3. The van der Waals surface area contributed by atoms with Crippen LogP contribution in [0.4, 0.5) is 0 Å². The normalized spacial score (nSPS) is 39.1. The second-order valence-electron chi connectivity index (χ2n) is 8.47. The van der Waals surface area contributed by atoms with Gasteiger partial charge in [0.2, 0.25) is 0 Å². The zero-order valence-corrected chi connectivity index (χ0v) is 19.0. The molecule has 0 aromatic carbocycles. The molecule has 0 saturated carbocycles. The molecule has 2 aliphatic rings. The number of esters is 1. The van der Waals surface area contributed by atoms with Crippen LogP contribution in [0.2, 0.25) is 0 Å². The summed E-state index contributed by atoms with van der Waals surface area (Å²) >= 11 is 0. The summed E-state index contributed by atoms with van der Waals surface area (Å²) in [5.74, 6) is -0.364. The Kier molecular flexibility index (Phi) is 12.3. The molecular formula is C26H38O6. The van der Waals surface area contributed by atoms with E-state index in [0.717, 1.165) is 32.1 Å². The number of hydrogen-bond acceptors (Lipinski definition) is 6. The van der Waals surface area contributed by atoms with E-state index in [1.807, 2.05) is 31.2 Å². The van der Waals surface area contributed by atoms with Crippen LogP contribution < -0.4 is 0 Å². The van der Waals surface area contributed by atoms with Gasteiger partial charge >= 0.3 is 5.97 Å². The molecule has 6 nitrogen and oxygen atoms in total. The monoisotopic (exact) mass is 446 g/mol. The fourth-order valence-electron chi connectivity index (χ4n) is 3.71. The minimum atomic E-state index is -0.919. The zero-order chi connectivity index (χ0) is 23.2. The largest absolute Gasteiger partial charge is 0.460 e. The molecule has 2 aliphatic heterocycles. The highest BCUT2D eigenvalue weighted by molar-refractivity contribution is 5.82. The van der Waals surface area contributed by atoms with Crippen molar-refractivity contribution in [3.8, 4) is 0 Å². The number of rotatable bonds is 0. The standard InChI is InChI=1S/C26H38O6/c1-20-13-7-3-2-4-11-17-24-26(30)23(28)19-22(32-24)16-10-5-8-14-21(27)15-9-6-12-18-25(29)31-20/h5-6,8-12,14,17-18,20-24,26-28,30H,2-4,7,13,15-16,19H2,1H3/b9-6+,10-5-,14-8+,17-11+,18-12-/t20-,21-,22+,23-,24+,26-/m1/s1. The van der Waals surface area contributed by atoms with E-state index in [1.165, 1.54) is 6.08 Å². The summed E-state index contributed by atoms with van der Waals surface area (Å²) < 4.78 is 11.3. The first-order valence-electron chi connectivity index (χ1n) is 11.7. The van der Waals surface area contributed by atoms with E-state index in [2.05, 4.69) is 0 Å². The highest BCUT2D eigenvalue weighted by Crippen LogP contribution is 2.24. The van der Waals surface area contributed by atoms with Crippen molar-refractivity contribution in [1.29, 1.82) is 0 Å². The van der Waals surface area contributed by atoms with Gasteiger partial charge in [0.15, 0.2) is 0 Å². The molecule has 6 heteroatoms. The maximum Gasteiger partial charge on any atom is 0.331 e. The van der Waals surface area contributed by atoms with Gasteiger partial charge in [-0.3, -0.25) is 0 Å². The van der Waals surface area contributed by atoms with Gasteiger partial charge < -0.3 is 24.8 Å². The molecule has 2 rings (SSSR count). The average Bonchev–Trinajstić information content (AvgIpc) is 2.75. The maximum absolute atomic E-state index is 11.8. The van der Waals surface area contributed by atoms with Gasteiger partial charge in [-0.15, -0.1) is 0 Å². The molecule has 0 spiro atoms. The third-order valence-corrected chi connectivity index (χ3v) is 5.55. The molecule has 0 aromatic rings. The van der Waals surface area contributed by atoms with Gasteiger partial charge in [-0.1, -0.05) is 61.1 Å². The van der Waals surface area contributed by atoms with Crippen LogP contribution in [-0.4, -0.2) is 57.9 Å². The fraction of sp³-hybridized carbons (Fsp3) is 0.577. The van der Waals surface area contributed by atoms with Gasteiger partial charge in [0.1, 0.15) is 12.2 Å². The van der Waals surface area contributed by atoms with E-state index in [0.29, 0.717) is 19.3 Å². The molecule has 178 valence electrons. The van der Waals surface area contributed by atoms with Crippen LogP contribution in [0.3, 0.4) is 0 Å². The lowest BCUT2D eigenvalue weighted by atomic mass is 9.95. The summed E-state index contributed by atoms with van der Waals surface area (Å²) in [5, 5.41) is 30.4. The van der Waals surface area contributed by atoms with Crippen molar-refractivity contribution in [1.82, 2.24) is 0 Å². The first kappa shape index (κ1) is 26.3. The SMILES string of the molecule is C[C@@H]1CCCCC/C=C/[C@@H]2O[C@@H](C/C=C\C=C\[C@@H](O)C/C=C/C=C\C(=O)O1)C[C@@H](O)[C@H]2O. The minimum Gasteiger partial charge on any atom is -0.460 e. The van der Waals surface area contributed by atoms with Crippen LogP contribution in [0.25, 0.3) is 0 Å². The Morgan fingerprint density at radius 2 is 1.69 bits per heavy atom. The molecule has 0 aliphatic carbocycles. The molecule has 6 atom stereocenters.